The summed E-state index contributed by atoms with van der Waals surface area (Å²) in [5, 5.41) is 13.2. The molecule has 104 heavy (non-hydrogen) atoms. The van der Waals surface area contributed by atoms with E-state index >= 15 is 0 Å². The SMILES string of the molecule is CC(C)(C)OC(=O)CC1COCc2c(Br)cncc21.CCC(=O)CC1COCc2c(Br)cncc21.NC1COCc2c(Br)cncc21.NC1COCc2c(Br)cncc21.OC1COCc2c(Br)cncc21.[N-]=[N+]=NC1COCc2c(Br)cncc21.[N-]=[N+]=NP(=O)(Oc1ccccc1)Oc1ccccc1. The lowest BCUT2D eigenvalue weighted by Crippen LogP contribution is -2.27. The van der Waals surface area contributed by atoms with Crippen molar-refractivity contribution in [3.8, 4) is 11.5 Å². The number of hydrogen-bond donors (Lipinski definition) is 3. The van der Waals surface area contributed by atoms with Crippen molar-refractivity contribution in [2.45, 2.75) is 128 Å². The highest BCUT2D eigenvalue weighted by molar-refractivity contribution is 9.11. The zero-order chi connectivity index (χ0) is 74.8. The van der Waals surface area contributed by atoms with Crippen LogP contribution in [0.25, 0.3) is 20.9 Å². The lowest BCUT2D eigenvalue weighted by atomic mass is 9.90. The summed E-state index contributed by atoms with van der Waals surface area (Å²) in [4.78, 5) is 56.3. The van der Waals surface area contributed by atoms with E-state index < -0.39 is 19.5 Å². The van der Waals surface area contributed by atoms with Gasteiger partial charge in [0, 0.05) is 152 Å². The predicted octanol–water partition coefficient (Wildman–Crippen LogP) is 17.5. The number of ketones is 1. The molecule has 0 bridgehead atoms. The summed E-state index contributed by atoms with van der Waals surface area (Å²) in [6.45, 7) is 14.1. The van der Waals surface area contributed by atoms with E-state index in [1.807, 2.05) is 52.5 Å². The number of aliphatic hydroxyl groups is 1. The van der Waals surface area contributed by atoms with Crippen molar-refractivity contribution in [1.29, 1.82) is 0 Å². The van der Waals surface area contributed by atoms with Gasteiger partial charge in [0.1, 0.15) is 29.0 Å². The zero-order valence-electron chi connectivity index (χ0n) is 56.9. The van der Waals surface area contributed by atoms with Gasteiger partial charge in [-0.3, -0.25) is 39.5 Å². The maximum absolute atomic E-state index is 12.3. The first-order chi connectivity index (χ1) is 50.0. The topological polar surface area (TPSA) is 381 Å². The molecule has 34 heteroatoms. The highest BCUT2D eigenvalue weighted by atomic mass is 79.9. The van der Waals surface area contributed by atoms with Crippen LogP contribution >= 0.6 is 103 Å². The Morgan fingerprint density at radius 3 is 1.24 bits per heavy atom. The van der Waals surface area contributed by atoms with Crippen LogP contribution in [0.1, 0.15) is 150 Å². The molecule has 2 aromatic carbocycles. The van der Waals surface area contributed by atoms with Crippen LogP contribution in [0.4, 0.5) is 0 Å². The van der Waals surface area contributed by atoms with Gasteiger partial charge in [0.15, 0.2) is 0 Å². The largest absolute Gasteiger partial charge is 0.525 e. The summed E-state index contributed by atoms with van der Waals surface area (Å²) in [7, 11) is -3.95. The molecule has 0 fully saturated rings. The summed E-state index contributed by atoms with van der Waals surface area (Å²) in [5.41, 5.74) is 40.8. The number of fused-ring (bicyclic) bond motifs is 6. The van der Waals surface area contributed by atoms with Crippen LogP contribution in [0.2, 0.25) is 0 Å². The number of aliphatic hydroxyl groups excluding tert-OH is 1. The smallest absolute Gasteiger partial charge is 0.460 e. The van der Waals surface area contributed by atoms with Crippen LogP contribution in [0, 0.1) is 0 Å². The van der Waals surface area contributed by atoms with Crippen LogP contribution in [0.3, 0.4) is 0 Å². The Balaban J connectivity index is 0.000000155. The third-order valence-electron chi connectivity index (χ3n) is 15.9. The number of hydrogen-bond acceptors (Lipinski definition) is 22. The molecular formula is C70H75Br6N14O13P. The molecule has 6 aliphatic rings. The van der Waals surface area contributed by atoms with Crippen molar-refractivity contribution >= 4 is 115 Å². The summed E-state index contributed by atoms with van der Waals surface area (Å²) < 4.78 is 65.8. The van der Waals surface area contributed by atoms with Gasteiger partial charge in [0.25, 0.3) is 0 Å². The average Bonchev–Trinajstić information content (AvgIpc) is 0.810. The van der Waals surface area contributed by atoms with Crippen molar-refractivity contribution < 1.29 is 61.5 Å². The average molecular weight is 1830 g/mol. The zero-order valence-corrected chi connectivity index (χ0v) is 67.3. The van der Waals surface area contributed by atoms with Gasteiger partial charge in [-0.05, 0) is 207 Å². The number of nitrogens with two attached hydrogens (primary N) is 2. The van der Waals surface area contributed by atoms with Crippen LogP contribution in [0.5, 0.6) is 11.5 Å². The number of ether oxygens (including phenoxy) is 7. The van der Waals surface area contributed by atoms with Gasteiger partial charge in [0.2, 0.25) is 0 Å². The standard InChI is InChI=1S/C14H18BrNO3.C12H14BrNO2.C12H10N3O3P.C8H7BrN4O.2C8H9BrN2O.C8H8BrNO2/c1-14(2,3)19-13(17)4-9-7-18-8-11-10(9)5-16-6-12(11)15;1-2-9(15)3-8-6-16-7-11-10(8)4-14-5-12(11)13;13-14-15-19(16,17-11-7-3-1-4-8-11)18-12-9-5-2-6-10-12;9-7-2-11-1-5-6(7)3-14-4-8(5)12-13-10;2*9-7-2-11-1-5-6(7)3-12-4-8(5)10;9-7-2-10-1-5-6(7)3-12-4-8(5)11/h5-6,9H,4,7-8H2,1-3H3;4-5,8H,2-3,6-7H2,1H3;1-10H;1-2,8H,3-4H2;2*1-2,8H,3-4,10H2;1-2,8,11H,3-4H2. The number of aromatic nitrogens is 6. The lowest BCUT2D eigenvalue weighted by molar-refractivity contribution is -0.155. The summed E-state index contributed by atoms with van der Waals surface area (Å²) >= 11 is 20.5. The van der Waals surface area contributed by atoms with Crippen molar-refractivity contribution in [1.82, 2.24) is 29.9 Å². The van der Waals surface area contributed by atoms with Gasteiger partial charge in [-0.1, -0.05) is 48.4 Å². The number of benzene rings is 2. The minimum atomic E-state index is -3.95. The Bertz CT molecular complexity index is 4150. The van der Waals surface area contributed by atoms with Crippen molar-refractivity contribution in [2.75, 3.05) is 39.6 Å². The number of para-hydroxylation sites is 2. The predicted molar refractivity (Wildman–Crippen MR) is 407 cm³/mol. The molecular weight excluding hydrogens is 1760 g/mol. The molecule has 6 atom stereocenters. The van der Waals surface area contributed by atoms with E-state index in [-0.39, 0.29) is 41.7 Å². The fourth-order valence-electron chi connectivity index (χ4n) is 10.8. The second-order valence-corrected chi connectivity index (χ2v) is 31.0. The van der Waals surface area contributed by atoms with Gasteiger partial charge >= 0.3 is 13.7 Å². The number of carbonyl (C=O) groups is 2. The molecule has 0 saturated heterocycles. The Morgan fingerprint density at radius 2 is 0.856 bits per heavy atom. The molecule has 0 saturated carbocycles. The van der Waals surface area contributed by atoms with Gasteiger partial charge in [-0.2, -0.15) is 0 Å². The van der Waals surface area contributed by atoms with E-state index in [1.54, 1.807) is 110 Å². The van der Waals surface area contributed by atoms with Gasteiger partial charge in [-0.25, -0.2) is 4.57 Å². The Kier molecular flexibility index (Phi) is 33.2. The molecule has 27 nitrogen and oxygen atoms in total. The first kappa shape index (κ1) is 83.1. The number of halogens is 6. The first-order valence-electron chi connectivity index (χ1n) is 32.3. The Labute approximate surface area is 651 Å². The second kappa shape index (κ2) is 41.5. The molecule has 0 aliphatic carbocycles. The van der Waals surface area contributed by atoms with Gasteiger partial charge in [0.05, 0.1) is 104 Å². The van der Waals surface area contributed by atoms with Crippen LogP contribution < -0.4 is 20.5 Å². The van der Waals surface area contributed by atoms with Crippen LogP contribution in [-0.2, 0) is 87.0 Å². The molecule has 6 aliphatic heterocycles. The second-order valence-electron chi connectivity index (χ2n) is 24.4. The number of carbonyl (C=O) groups excluding carboxylic acids is 2. The van der Waals surface area contributed by atoms with E-state index in [9.17, 15) is 19.3 Å². The normalized spacial score (nSPS) is 18.5. The molecule has 6 aromatic heterocycles. The first-order valence-corrected chi connectivity index (χ1v) is 38.6. The van der Waals surface area contributed by atoms with E-state index in [1.165, 1.54) is 0 Å². The molecule has 550 valence electrons. The number of pyridine rings is 6. The van der Waals surface area contributed by atoms with E-state index in [0.717, 1.165) is 93.6 Å². The third-order valence-corrected chi connectivity index (χ3v) is 21.1. The molecule has 8 aromatic rings. The lowest BCUT2D eigenvalue weighted by Gasteiger charge is -2.27. The van der Waals surface area contributed by atoms with Crippen LogP contribution in [0.15, 0.2) is 172 Å². The van der Waals surface area contributed by atoms with Crippen molar-refractivity contribution in [3.63, 3.8) is 0 Å². The number of azide groups is 2. The maximum Gasteiger partial charge on any atom is 0.525 e. The summed E-state index contributed by atoms with van der Waals surface area (Å²) in [6, 6.07) is 16.4. The number of nitrogens with zero attached hydrogens (tertiary/aromatic N) is 12. The Hall–Kier alpha value is -6.55. The molecule has 0 radical (unpaired) electrons. The van der Waals surface area contributed by atoms with Crippen molar-refractivity contribution in [3.05, 3.63) is 250 Å². The third kappa shape index (κ3) is 24.8. The molecule has 5 N–H and O–H groups in total. The fourth-order valence-corrected chi connectivity index (χ4v) is 14.5. The molecule has 0 spiro atoms. The molecule has 6 unspecified atom stereocenters. The number of esters is 1. The van der Waals surface area contributed by atoms with Crippen molar-refractivity contribution in [2.24, 2.45) is 21.5 Å². The van der Waals surface area contributed by atoms with Gasteiger partial charge < -0.3 is 58.8 Å². The number of Topliss-reactive ketones (excluding diaryl/α,β-unsaturated/α-hetero) is 1. The Morgan fingerprint density at radius 1 is 0.510 bits per heavy atom. The minimum Gasteiger partial charge on any atom is -0.460 e. The highest BCUT2D eigenvalue weighted by Gasteiger charge is 2.31. The van der Waals surface area contributed by atoms with E-state index in [2.05, 4.69) is 145 Å². The minimum absolute atomic E-state index is 0.0172. The summed E-state index contributed by atoms with van der Waals surface area (Å²) in [5.74, 6) is 0.864. The monoisotopic (exact) mass is 1820 g/mol. The van der Waals surface area contributed by atoms with E-state index in [4.69, 9.17) is 64.7 Å². The van der Waals surface area contributed by atoms with Crippen LogP contribution in [-0.4, -0.2) is 92.0 Å². The fraction of sp³-hybridized carbons (Fsp3) is 0.371. The quantitative estimate of drug-likeness (QED) is 0.0356. The van der Waals surface area contributed by atoms with E-state index in [0.29, 0.717) is 110 Å². The maximum atomic E-state index is 12.3. The highest BCUT2D eigenvalue weighted by Crippen LogP contribution is 2.50. The summed E-state index contributed by atoms with van der Waals surface area (Å²) in [6.07, 6.45) is 22.1. The molecule has 12 heterocycles. The van der Waals surface area contributed by atoms with Gasteiger partial charge in [-0.15, -0.1) is 0 Å². The molecule has 14 rings (SSSR count). The number of rotatable bonds is 11. The molecule has 0 amide bonds.